The Morgan fingerprint density at radius 2 is 1.67 bits per heavy atom. The van der Waals surface area contributed by atoms with E-state index in [1.165, 1.54) is 11.1 Å². The van der Waals surface area contributed by atoms with Crippen molar-refractivity contribution in [3.8, 4) is 5.75 Å². The average Bonchev–Trinajstić information content (AvgIpc) is 3.21. The van der Waals surface area contributed by atoms with Crippen LogP contribution in [0.4, 0.5) is 0 Å². The molecule has 3 N–H and O–H groups in total. The van der Waals surface area contributed by atoms with E-state index in [1.54, 1.807) is 12.1 Å². The van der Waals surface area contributed by atoms with E-state index in [9.17, 15) is 15.3 Å². The zero-order valence-electron chi connectivity index (χ0n) is 13.1. The van der Waals surface area contributed by atoms with Gasteiger partial charge >= 0.3 is 0 Å². The second-order valence-corrected chi connectivity index (χ2v) is 6.25. The normalized spacial score (nSPS) is 18.7. The Kier molecular flexibility index (Phi) is 3.60. The van der Waals surface area contributed by atoms with E-state index in [-0.39, 0.29) is 11.7 Å². The molecule has 120 valence electrons. The minimum atomic E-state index is -1.36. The van der Waals surface area contributed by atoms with Crippen LogP contribution in [0.25, 0.3) is 17.2 Å². The van der Waals surface area contributed by atoms with Crippen LogP contribution in [0.5, 0.6) is 5.75 Å². The van der Waals surface area contributed by atoms with E-state index >= 15 is 0 Å². The van der Waals surface area contributed by atoms with Crippen LogP contribution in [0.15, 0.2) is 60.7 Å². The van der Waals surface area contributed by atoms with Gasteiger partial charge in [-0.3, -0.25) is 0 Å². The van der Waals surface area contributed by atoms with Crippen LogP contribution in [0.2, 0.25) is 0 Å². The molecule has 24 heavy (non-hydrogen) atoms. The summed E-state index contributed by atoms with van der Waals surface area (Å²) in [6, 6.07) is 13.4. The molecule has 0 bridgehead atoms. The Morgan fingerprint density at radius 1 is 0.917 bits per heavy atom. The SMILES string of the molecule is Oc1cccc(C2=CC=C(c3ccc4c(c3)C=CC4C(O)O)C2)c1. The van der Waals surface area contributed by atoms with Crippen LogP contribution < -0.4 is 0 Å². The average molecular weight is 318 g/mol. The standard InChI is InChI=1S/C21H18O3/c22-18-3-1-2-13(12-18)14-4-5-15(10-14)16-6-8-19-17(11-16)7-9-20(19)21(23)24/h1-9,11-12,20-24H,10H2. The molecule has 3 heteroatoms. The summed E-state index contributed by atoms with van der Waals surface area (Å²) in [5, 5.41) is 28.5. The molecule has 1 unspecified atom stereocenters. The first-order chi connectivity index (χ1) is 11.6. The van der Waals surface area contributed by atoms with Gasteiger partial charge in [-0.25, -0.2) is 0 Å². The molecule has 0 heterocycles. The second-order valence-electron chi connectivity index (χ2n) is 6.25. The van der Waals surface area contributed by atoms with Gasteiger partial charge in [-0.05, 0) is 58.0 Å². The molecule has 0 amide bonds. The Morgan fingerprint density at radius 3 is 2.38 bits per heavy atom. The zero-order chi connectivity index (χ0) is 16.7. The fourth-order valence-electron chi connectivity index (χ4n) is 3.42. The summed E-state index contributed by atoms with van der Waals surface area (Å²) in [4.78, 5) is 0. The van der Waals surface area contributed by atoms with Gasteiger partial charge in [-0.1, -0.05) is 48.6 Å². The van der Waals surface area contributed by atoms with Crippen molar-refractivity contribution in [2.24, 2.45) is 0 Å². The molecule has 0 spiro atoms. The Hall–Kier alpha value is -2.62. The van der Waals surface area contributed by atoms with Crippen molar-refractivity contribution >= 4 is 17.2 Å². The lowest BCUT2D eigenvalue weighted by molar-refractivity contribution is -0.0490. The van der Waals surface area contributed by atoms with Crippen molar-refractivity contribution in [2.75, 3.05) is 0 Å². The first-order valence-electron chi connectivity index (χ1n) is 7.99. The summed E-state index contributed by atoms with van der Waals surface area (Å²) < 4.78 is 0. The minimum absolute atomic E-state index is 0.276. The molecule has 3 nitrogen and oxygen atoms in total. The number of aromatic hydroxyl groups is 1. The van der Waals surface area contributed by atoms with Crippen molar-refractivity contribution < 1.29 is 15.3 Å². The van der Waals surface area contributed by atoms with Crippen molar-refractivity contribution in [3.05, 3.63) is 82.9 Å². The molecule has 0 radical (unpaired) electrons. The maximum Gasteiger partial charge on any atom is 0.161 e. The number of phenols is 1. The summed E-state index contributed by atoms with van der Waals surface area (Å²) in [6.07, 6.45) is 7.43. The molecule has 0 fully saturated rings. The number of fused-ring (bicyclic) bond motifs is 1. The van der Waals surface area contributed by atoms with E-state index in [4.69, 9.17) is 0 Å². The molecule has 0 saturated carbocycles. The number of hydrogen-bond donors (Lipinski definition) is 3. The zero-order valence-corrected chi connectivity index (χ0v) is 13.1. The van der Waals surface area contributed by atoms with Gasteiger partial charge in [-0.15, -0.1) is 0 Å². The van der Waals surface area contributed by atoms with E-state index < -0.39 is 6.29 Å². The van der Waals surface area contributed by atoms with Crippen LogP contribution in [0.1, 0.15) is 34.6 Å². The van der Waals surface area contributed by atoms with Crippen molar-refractivity contribution in [1.82, 2.24) is 0 Å². The molecule has 0 aliphatic heterocycles. The predicted octanol–water partition coefficient (Wildman–Crippen LogP) is 3.68. The highest BCUT2D eigenvalue weighted by Crippen LogP contribution is 2.38. The van der Waals surface area contributed by atoms with Gasteiger partial charge in [0, 0.05) is 0 Å². The quantitative estimate of drug-likeness (QED) is 0.757. The van der Waals surface area contributed by atoms with Crippen molar-refractivity contribution in [1.29, 1.82) is 0 Å². The van der Waals surface area contributed by atoms with E-state index in [0.717, 1.165) is 28.7 Å². The topological polar surface area (TPSA) is 60.7 Å². The largest absolute Gasteiger partial charge is 0.508 e. The van der Waals surface area contributed by atoms with Crippen LogP contribution in [0, 0.1) is 0 Å². The van der Waals surface area contributed by atoms with Gasteiger partial charge in [0.25, 0.3) is 0 Å². The number of phenolic OH excluding ortho intramolecular Hbond substituents is 1. The number of aliphatic hydroxyl groups is 2. The van der Waals surface area contributed by atoms with Gasteiger partial charge < -0.3 is 15.3 Å². The first kappa shape index (κ1) is 14.9. The summed E-state index contributed by atoms with van der Waals surface area (Å²) in [5.41, 5.74) is 6.56. The molecule has 4 rings (SSSR count). The maximum absolute atomic E-state index is 9.64. The highest BCUT2D eigenvalue weighted by atomic mass is 16.5. The minimum Gasteiger partial charge on any atom is -0.508 e. The lowest BCUT2D eigenvalue weighted by atomic mass is 9.94. The van der Waals surface area contributed by atoms with Crippen LogP contribution >= 0.6 is 0 Å². The molecule has 2 aliphatic carbocycles. The lowest BCUT2D eigenvalue weighted by Gasteiger charge is -2.14. The molecule has 1 atom stereocenters. The van der Waals surface area contributed by atoms with Crippen molar-refractivity contribution in [3.63, 3.8) is 0 Å². The van der Waals surface area contributed by atoms with Crippen LogP contribution in [0.3, 0.4) is 0 Å². The number of rotatable bonds is 3. The number of benzene rings is 2. The molecule has 0 aromatic heterocycles. The summed E-state index contributed by atoms with van der Waals surface area (Å²) in [7, 11) is 0. The van der Waals surface area contributed by atoms with E-state index in [1.807, 2.05) is 36.4 Å². The molecule has 2 aromatic rings. The Bertz CT molecular complexity index is 888. The van der Waals surface area contributed by atoms with Crippen LogP contribution in [-0.2, 0) is 0 Å². The Balaban J connectivity index is 1.56. The van der Waals surface area contributed by atoms with Gasteiger partial charge in [0.1, 0.15) is 5.75 Å². The van der Waals surface area contributed by atoms with Gasteiger partial charge in [0.2, 0.25) is 0 Å². The van der Waals surface area contributed by atoms with Crippen molar-refractivity contribution in [2.45, 2.75) is 18.6 Å². The highest BCUT2D eigenvalue weighted by molar-refractivity contribution is 5.87. The smallest absolute Gasteiger partial charge is 0.161 e. The number of aliphatic hydroxyl groups excluding tert-OH is 1. The fraction of sp³-hybridized carbons (Fsp3) is 0.143. The molecule has 2 aliphatic rings. The van der Waals surface area contributed by atoms with Gasteiger partial charge in [0.15, 0.2) is 6.29 Å². The number of allylic oxidation sites excluding steroid dienone is 4. The Labute approximate surface area is 140 Å². The fourth-order valence-corrected chi connectivity index (χ4v) is 3.42. The summed E-state index contributed by atoms with van der Waals surface area (Å²) >= 11 is 0. The first-order valence-corrected chi connectivity index (χ1v) is 7.99. The maximum atomic E-state index is 9.64. The van der Waals surface area contributed by atoms with Crippen LogP contribution in [-0.4, -0.2) is 21.6 Å². The summed E-state index contributed by atoms with van der Waals surface area (Å²) in [5.74, 6) is -0.0642. The number of hydrogen-bond acceptors (Lipinski definition) is 3. The molecule has 2 aromatic carbocycles. The van der Waals surface area contributed by atoms with Gasteiger partial charge in [-0.2, -0.15) is 0 Å². The molecular weight excluding hydrogens is 300 g/mol. The summed E-state index contributed by atoms with van der Waals surface area (Å²) in [6.45, 7) is 0. The monoisotopic (exact) mass is 318 g/mol. The lowest BCUT2D eigenvalue weighted by Crippen LogP contribution is -2.14. The second kappa shape index (κ2) is 5.78. The molecular formula is C21H18O3. The predicted molar refractivity (Wildman–Crippen MR) is 95.1 cm³/mol. The van der Waals surface area contributed by atoms with E-state index in [2.05, 4.69) is 18.2 Å². The molecule has 0 saturated heterocycles. The third kappa shape index (κ3) is 2.58. The third-order valence-corrected chi connectivity index (χ3v) is 4.70. The third-order valence-electron chi connectivity index (χ3n) is 4.70. The van der Waals surface area contributed by atoms with Gasteiger partial charge in [0.05, 0.1) is 5.92 Å². The highest BCUT2D eigenvalue weighted by Gasteiger charge is 2.23. The van der Waals surface area contributed by atoms with E-state index in [0.29, 0.717) is 0 Å².